The minimum absolute atomic E-state index is 0.107. The minimum atomic E-state index is -0.452. The molecule has 2 aromatic rings. The number of nitrogens with zero attached hydrogens (tertiary/aromatic N) is 2. The van der Waals surface area contributed by atoms with Crippen molar-refractivity contribution in [2.75, 3.05) is 23.8 Å². The van der Waals surface area contributed by atoms with Crippen LogP contribution in [0.5, 0.6) is 0 Å². The van der Waals surface area contributed by atoms with Gasteiger partial charge in [-0.2, -0.15) is 0 Å². The van der Waals surface area contributed by atoms with Crippen LogP contribution in [0.2, 0.25) is 10.0 Å². The summed E-state index contributed by atoms with van der Waals surface area (Å²) in [6.45, 7) is 1.16. The molecule has 1 aromatic heterocycles. The van der Waals surface area contributed by atoms with Crippen LogP contribution in [0.3, 0.4) is 0 Å². The number of amides is 3. The number of pyridine rings is 1. The van der Waals surface area contributed by atoms with Crippen LogP contribution in [0.4, 0.5) is 11.5 Å². The second kappa shape index (κ2) is 11.0. The van der Waals surface area contributed by atoms with Crippen molar-refractivity contribution < 1.29 is 14.4 Å². The fourth-order valence-corrected chi connectivity index (χ4v) is 3.42. The van der Waals surface area contributed by atoms with Gasteiger partial charge in [0.1, 0.15) is 5.82 Å². The summed E-state index contributed by atoms with van der Waals surface area (Å²) in [5.74, 6) is -0.529. The Morgan fingerprint density at radius 3 is 2.50 bits per heavy atom. The van der Waals surface area contributed by atoms with Gasteiger partial charge in [-0.3, -0.25) is 14.4 Å². The molecule has 3 amide bonds. The van der Waals surface area contributed by atoms with E-state index in [0.29, 0.717) is 27.7 Å². The number of carbonyl (C=O) groups excluding carboxylic acids is 3. The van der Waals surface area contributed by atoms with E-state index in [4.69, 9.17) is 34.8 Å². The van der Waals surface area contributed by atoms with E-state index in [9.17, 15) is 14.4 Å². The number of aromatic nitrogens is 1. The molecule has 0 spiro atoms. The smallest absolute Gasteiger partial charge is 0.246 e. The van der Waals surface area contributed by atoms with Crippen LogP contribution in [0.25, 0.3) is 6.08 Å². The first-order valence-corrected chi connectivity index (χ1v) is 10.0. The van der Waals surface area contributed by atoms with E-state index in [1.165, 1.54) is 30.2 Å². The summed E-state index contributed by atoms with van der Waals surface area (Å²) in [6, 6.07) is 6.52. The van der Waals surface area contributed by atoms with Crippen molar-refractivity contribution in [1.29, 1.82) is 0 Å². The highest BCUT2D eigenvalue weighted by atomic mass is 35.5. The van der Waals surface area contributed by atoms with Crippen LogP contribution in [-0.2, 0) is 20.3 Å². The van der Waals surface area contributed by atoms with Crippen LogP contribution >= 0.6 is 34.8 Å². The van der Waals surface area contributed by atoms with Crippen molar-refractivity contribution in [2.24, 2.45) is 0 Å². The maximum atomic E-state index is 12.4. The first-order chi connectivity index (χ1) is 14.2. The van der Waals surface area contributed by atoms with E-state index in [1.54, 1.807) is 31.3 Å². The van der Waals surface area contributed by atoms with Gasteiger partial charge in [-0.15, -0.1) is 11.6 Å². The maximum absolute atomic E-state index is 12.4. The fourth-order valence-electron chi connectivity index (χ4n) is 2.37. The average molecular weight is 470 g/mol. The highest BCUT2D eigenvalue weighted by Gasteiger charge is 2.18. The lowest BCUT2D eigenvalue weighted by Gasteiger charge is -2.20. The number of benzene rings is 1. The van der Waals surface area contributed by atoms with Crippen LogP contribution < -0.4 is 15.5 Å². The van der Waals surface area contributed by atoms with Gasteiger partial charge in [0, 0.05) is 36.8 Å². The molecule has 7 nitrogen and oxygen atoms in total. The molecule has 2 N–H and O–H groups in total. The van der Waals surface area contributed by atoms with E-state index in [0.717, 1.165) is 0 Å². The zero-order valence-electron chi connectivity index (χ0n) is 16.2. The van der Waals surface area contributed by atoms with E-state index < -0.39 is 5.91 Å². The molecule has 0 aliphatic heterocycles. The number of hydrogen-bond donors (Lipinski definition) is 2. The number of alkyl halides is 1. The van der Waals surface area contributed by atoms with Gasteiger partial charge in [-0.25, -0.2) is 4.98 Å². The maximum Gasteiger partial charge on any atom is 0.246 e. The first-order valence-electron chi connectivity index (χ1n) is 8.72. The molecule has 0 unspecified atom stereocenters. The molecule has 0 aliphatic carbocycles. The van der Waals surface area contributed by atoms with Crippen LogP contribution in [0, 0.1) is 0 Å². The van der Waals surface area contributed by atoms with Gasteiger partial charge < -0.3 is 15.5 Å². The van der Waals surface area contributed by atoms with E-state index in [1.807, 2.05) is 0 Å². The monoisotopic (exact) mass is 468 g/mol. The normalized spacial score (nSPS) is 10.7. The SMILES string of the molecule is CC(=O)Nc1ccc(C=CC(=O)NCC(=O)N(C)c2ccc(Cl)c(CCl)c2Cl)cn1. The zero-order chi connectivity index (χ0) is 22.3. The molecule has 30 heavy (non-hydrogen) atoms. The number of hydrogen-bond acceptors (Lipinski definition) is 4. The Kier molecular flexibility index (Phi) is 8.65. The van der Waals surface area contributed by atoms with Crippen molar-refractivity contribution in [3.8, 4) is 0 Å². The molecule has 1 aromatic carbocycles. The molecule has 0 fully saturated rings. The third-order valence-corrected chi connectivity index (χ3v) is 5.01. The Morgan fingerprint density at radius 2 is 1.90 bits per heavy atom. The van der Waals surface area contributed by atoms with Gasteiger partial charge in [0.2, 0.25) is 17.7 Å². The molecule has 0 saturated heterocycles. The number of halogens is 3. The lowest BCUT2D eigenvalue weighted by Crippen LogP contribution is -2.37. The molecule has 158 valence electrons. The summed E-state index contributed by atoms with van der Waals surface area (Å²) in [7, 11) is 1.54. The Balaban J connectivity index is 1.93. The van der Waals surface area contributed by atoms with E-state index in [-0.39, 0.29) is 29.3 Å². The number of nitrogens with one attached hydrogen (secondary N) is 2. The lowest BCUT2D eigenvalue weighted by atomic mass is 10.2. The average Bonchev–Trinajstić information content (AvgIpc) is 2.71. The number of carbonyl (C=O) groups is 3. The standard InChI is InChI=1S/C20H19Cl3N4O3/c1-12(28)26-17-7-3-13(10-24-17)4-8-18(29)25-11-19(30)27(2)16-6-5-15(22)14(9-21)20(16)23/h3-8,10H,9,11H2,1-2H3,(H,25,29)(H,24,26,28). The van der Waals surface area contributed by atoms with Gasteiger partial charge >= 0.3 is 0 Å². The van der Waals surface area contributed by atoms with Gasteiger partial charge in [0.05, 0.1) is 23.1 Å². The summed E-state index contributed by atoms with van der Waals surface area (Å²) in [5, 5.41) is 5.76. The summed E-state index contributed by atoms with van der Waals surface area (Å²) < 4.78 is 0. The van der Waals surface area contributed by atoms with E-state index in [2.05, 4.69) is 15.6 Å². The predicted molar refractivity (Wildman–Crippen MR) is 120 cm³/mol. The van der Waals surface area contributed by atoms with Crippen LogP contribution in [0.15, 0.2) is 36.5 Å². The molecular weight excluding hydrogens is 451 g/mol. The van der Waals surface area contributed by atoms with Crippen molar-refractivity contribution >= 4 is 70.1 Å². The topological polar surface area (TPSA) is 91.4 Å². The Bertz CT molecular complexity index is 978. The Labute approximate surface area is 189 Å². The second-order valence-electron chi connectivity index (χ2n) is 6.15. The molecule has 2 rings (SSSR count). The molecular formula is C20H19Cl3N4O3. The van der Waals surface area contributed by atoms with Crippen LogP contribution in [-0.4, -0.2) is 36.3 Å². The molecule has 0 radical (unpaired) electrons. The number of rotatable bonds is 7. The third-order valence-electron chi connectivity index (χ3n) is 3.97. The van der Waals surface area contributed by atoms with Gasteiger partial charge in [0.25, 0.3) is 0 Å². The second-order valence-corrected chi connectivity index (χ2v) is 7.21. The van der Waals surface area contributed by atoms with Gasteiger partial charge in [0.15, 0.2) is 0 Å². The molecule has 1 heterocycles. The molecule has 10 heteroatoms. The highest BCUT2D eigenvalue weighted by molar-refractivity contribution is 6.39. The summed E-state index contributed by atoms with van der Waals surface area (Å²) in [4.78, 5) is 40.7. The van der Waals surface area contributed by atoms with Crippen molar-refractivity contribution in [2.45, 2.75) is 12.8 Å². The zero-order valence-corrected chi connectivity index (χ0v) is 18.5. The molecule has 0 bridgehead atoms. The minimum Gasteiger partial charge on any atom is -0.343 e. The van der Waals surface area contributed by atoms with Gasteiger partial charge in [-0.05, 0) is 35.9 Å². The third kappa shape index (κ3) is 6.45. The van der Waals surface area contributed by atoms with Crippen molar-refractivity contribution in [3.63, 3.8) is 0 Å². The quantitative estimate of drug-likeness (QED) is 0.475. The first kappa shape index (κ1) is 23.7. The summed E-state index contributed by atoms with van der Waals surface area (Å²) >= 11 is 18.2. The lowest BCUT2D eigenvalue weighted by molar-refractivity contribution is -0.122. The van der Waals surface area contributed by atoms with E-state index >= 15 is 0 Å². The largest absolute Gasteiger partial charge is 0.343 e. The van der Waals surface area contributed by atoms with Gasteiger partial charge in [-0.1, -0.05) is 23.2 Å². The highest BCUT2D eigenvalue weighted by Crippen LogP contribution is 2.34. The number of likely N-dealkylation sites (N-methyl/N-ethyl adjacent to an activating group) is 1. The molecule has 0 aliphatic rings. The molecule has 0 atom stereocenters. The van der Waals surface area contributed by atoms with Crippen molar-refractivity contribution in [3.05, 3.63) is 57.7 Å². The summed E-state index contributed by atoms with van der Waals surface area (Å²) in [6.07, 6.45) is 4.32. The molecule has 0 saturated carbocycles. The Hall–Kier alpha value is -2.61. The summed E-state index contributed by atoms with van der Waals surface area (Å²) in [5.41, 5.74) is 1.63. The van der Waals surface area contributed by atoms with Crippen LogP contribution in [0.1, 0.15) is 18.1 Å². The predicted octanol–water partition coefficient (Wildman–Crippen LogP) is 3.88. The Morgan fingerprint density at radius 1 is 1.17 bits per heavy atom. The fraction of sp³-hybridized carbons (Fsp3) is 0.200. The van der Waals surface area contributed by atoms with Crippen molar-refractivity contribution in [1.82, 2.24) is 10.3 Å². The number of anilines is 2.